The molecule has 0 aliphatic carbocycles. The van der Waals surface area contributed by atoms with Gasteiger partial charge in [-0.2, -0.15) is 0 Å². The minimum Gasteiger partial charge on any atom is -0.497 e. The maximum absolute atomic E-state index is 12.1. The molecular formula is C19H18N4O2S. The number of nitrogens with one attached hydrogen (secondary N) is 1. The molecule has 0 spiro atoms. The van der Waals surface area contributed by atoms with Gasteiger partial charge in [0.05, 0.1) is 7.11 Å². The number of carbonyl (C=O) groups excluding carboxylic acids is 1. The number of carbonyl (C=O) groups is 1. The average molecular weight is 366 g/mol. The van der Waals surface area contributed by atoms with Gasteiger partial charge in [-0.3, -0.25) is 4.79 Å². The first-order chi connectivity index (χ1) is 12.6. The van der Waals surface area contributed by atoms with E-state index in [0.29, 0.717) is 0 Å². The molecule has 3 aromatic rings. The molecule has 1 aromatic heterocycles. The maximum Gasteiger partial charge on any atom is 0.248 e. The normalized spacial score (nSPS) is 10.8. The van der Waals surface area contributed by atoms with E-state index >= 15 is 0 Å². The minimum atomic E-state index is -0.193. The topological polar surface area (TPSA) is 69.0 Å². The van der Waals surface area contributed by atoms with Crippen LogP contribution in [0, 0.1) is 0 Å². The number of aryl methyl sites for hydroxylation is 1. The van der Waals surface area contributed by atoms with Gasteiger partial charge in [0.1, 0.15) is 12.1 Å². The lowest BCUT2D eigenvalue weighted by Gasteiger charge is -2.04. The Morgan fingerprint density at radius 1 is 1.23 bits per heavy atom. The van der Waals surface area contributed by atoms with Crippen molar-refractivity contribution >= 4 is 29.4 Å². The number of aromatic nitrogens is 3. The first-order valence-electron chi connectivity index (χ1n) is 7.89. The summed E-state index contributed by atoms with van der Waals surface area (Å²) in [6.07, 6.45) is 4.90. The van der Waals surface area contributed by atoms with Crippen molar-refractivity contribution in [1.29, 1.82) is 0 Å². The second-order valence-corrected chi connectivity index (χ2v) is 6.49. The zero-order valence-electron chi connectivity index (χ0n) is 14.4. The molecule has 0 radical (unpaired) electrons. The van der Waals surface area contributed by atoms with Crippen molar-refractivity contribution in [3.63, 3.8) is 0 Å². The van der Waals surface area contributed by atoms with Crippen LogP contribution in [0.15, 0.2) is 71.0 Å². The molecule has 0 aliphatic heterocycles. The third-order valence-corrected chi connectivity index (χ3v) is 4.58. The van der Waals surface area contributed by atoms with Crippen LogP contribution in [0.3, 0.4) is 0 Å². The number of nitrogens with zero attached hydrogens (tertiary/aromatic N) is 3. The molecular weight excluding hydrogens is 348 g/mol. The lowest BCUT2D eigenvalue weighted by atomic mass is 10.2. The molecule has 2 aromatic carbocycles. The standard InChI is InChI=1S/C19H18N4O2S/c1-23-13-20-22-19(23)26-17-9-7-15(8-10-17)21-18(24)11-6-14-4-3-5-16(12-14)25-2/h3-13H,1-2H3,(H,21,24)/b11-6+. The van der Waals surface area contributed by atoms with Crippen molar-refractivity contribution in [2.75, 3.05) is 12.4 Å². The van der Waals surface area contributed by atoms with Crippen LogP contribution in [-0.2, 0) is 11.8 Å². The van der Waals surface area contributed by atoms with E-state index in [9.17, 15) is 4.79 Å². The molecule has 132 valence electrons. The van der Waals surface area contributed by atoms with Crippen LogP contribution in [0.2, 0.25) is 0 Å². The maximum atomic E-state index is 12.1. The van der Waals surface area contributed by atoms with Crippen molar-refractivity contribution < 1.29 is 9.53 Å². The largest absolute Gasteiger partial charge is 0.497 e. The minimum absolute atomic E-state index is 0.193. The summed E-state index contributed by atoms with van der Waals surface area (Å²) >= 11 is 1.51. The molecule has 1 amide bonds. The smallest absolute Gasteiger partial charge is 0.248 e. The van der Waals surface area contributed by atoms with Gasteiger partial charge in [-0.1, -0.05) is 12.1 Å². The number of hydrogen-bond acceptors (Lipinski definition) is 5. The summed E-state index contributed by atoms with van der Waals surface area (Å²) < 4.78 is 7.02. The Balaban J connectivity index is 1.58. The van der Waals surface area contributed by atoms with E-state index < -0.39 is 0 Å². The number of hydrogen-bond donors (Lipinski definition) is 1. The highest BCUT2D eigenvalue weighted by molar-refractivity contribution is 7.99. The first kappa shape index (κ1) is 17.8. The Morgan fingerprint density at radius 2 is 2.04 bits per heavy atom. The highest BCUT2D eigenvalue weighted by atomic mass is 32.2. The molecule has 0 saturated heterocycles. The van der Waals surface area contributed by atoms with Gasteiger partial charge in [-0.25, -0.2) is 0 Å². The van der Waals surface area contributed by atoms with Crippen molar-refractivity contribution in [2.24, 2.45) is 7.05 Å². The molecule has 1 N–H and O–H groups in total. The summed E-state index contributed by atoms with van der Waals surface area (Å²) in [6, 6.07) is 15.1. The summed E-state index contributed by atoms with van der Waals surface area (Å²) in [5.41, 5.74) is 1.63. The molecule has 0 aliphatic rings. The third kappa shape index (κ3) is 4.73. The molecule has 3 rings (SSSR count). The molecule has 1 heterocycles. The van der Waals surface area contributed by atoms with Crippen molar-refractivity contribution in [3.05, 3.63) is 66.5 Å². The molecule has 0 bridgehead atoms. The fourth-order valence-electron chi connectivity index (χ4n) is 2.18. The second-order valence-electron chi connectivity index (χ2n) is 5.45. The number of benzene rings is 2. The van der Waals surface area contributed by atoms with E-state index in [1.54, 1.807) is 19.5 Å². The van der Waals surface area contributed by atoms with Gasteiger partial charge >= 0.3 is 0 Å². The summed E-state index contributed by atoms with van der Waals surface area (Å²) in [6.45, 7) is 0. The van der Waals surface area contributed by atoms with Gasteiger partial charge in [0, 0.05) is 23.7 Å². The zero-order chi connectivity index (χ0) is 18.4. The lowest BCUT2D eigenvalue weighted by Crippen LogP contribution is -2.07. The quantitative estimate of drug-likeness (QED) is 0.675. The highest BCUT2D eigenvalue weighted by Gasteiger charge is 2.04. The number of methoxy groups -OCH3 is 1. The molecule has 26 heavy (non-hydrogen) atoms. The van der Waals surface area contributed by atoms with Crippen molar-refractivity contribution in [1.82, 2.24) is 14.8 Å². The predicted octanol–water partition coefficient (Wildman–Crippen LogP) is 3.63. The molecule has 0 saturated carbocycles. The Labute approximate surface area is 155 Å². The van der Waals surface area contributed by atoms with Gasteiger partial charge < -0.3 is 14.6 Å². The molecule has 0 unspecified atom stereocenters. The molecule has 0 atom stereocenters. The van der Waals surface area contributed by atoms with E-state index in [1.165, 1.54) is 17.8 Å². The summed E-state index contributed by atoms with van der Waals surface area (Å²) in [5.74, 6) is 0.560. The van der Waals surface area contributed by atoms with Crippen LogP contribution in [0.25, 0.3) is 6.08 Å². The highest BCUT2D eigenvalue weighted by Crippen LogP contribution is 2.26. The Hall–Kier alpha value is -3.06. The number of amides is 1. The fourth-order valence-corrected chi connectivity index (χ4v) is 2.94. The summed E-state index contributed by atoms with van der Waals surface area (Å²) in [4.78, 5) is 13.1. The van der Waals surface area contributed by atoms with Crippen LogP contribution in [0.1, 0.15) is 5.56 Å². The zero-order valence-corrected chi connectivity index (χ0v) is 15.2. The lowest BCUT2D eigenvalue weighted by molar-refractivity contribution is -0.111. The molecule has 6 nitrogen and oxygen atoms in total. The number of anilines is 1. The average Bonchev–Trinajstić information content (AvgIpc) is 3.06. The predicted molar refractivity (Wildman–Crippen MR) is 102 cm³/mol. The van der Waals surface area contributed by atoms with E-state index in [-0.39, 0.29) is 5.91 Å². The van der Waals surface area contributed by atoms with E-state index in [4.69, 9.17) is 4.74 Å². The van der Waals surface area contributed by atoms with E-state index in [0.717, 1.165) is 27.1 Å². The van der Waals surface area contributed by atoms with Gasteiger partial charge in [0.15, 0.2) is 5.16 Å². The van der Waals surface area contributed by atoms with E-state index in [1.807, 2.05) is 60.1 Å². The van der Waals surface area contributed by atoms with Crippen LogP contribution in [-0.4, -0.2) is 27.8 Å². The number of ether oxygens (including phenoxy) is 1. The fraction of sp³-hybridized carbons (Fsp3) is 0.105. The number of rotatable bonds is 6. The Morgan fingerprint density at radius 3 is 2.73 bits per heavy atom. The second kappa shape index (κ2) is 8.35. The Bertz CT molecular complexity index is 919. The van der Waals surface area contributed by atoms with Crippen LogP contribution in [0.5, 0.6) is 5.75 Å². The third-order valence-electron chi connectivity index (χ3n) is 3.52. The van der Waals surface area contributed by atoms with Gasteiger partial charge in [-0.15, -0.1) is 10.2 Å². The molecule has 0 fully saturated rings. The van der Waals surface area contributed by atoms with Crippen LogP contribution < -0.4 is 10.1 Å². The SMILES string of the molecule is COc1cccc(/C=C/C(=O)Nc2ccc(Sc3nncn3C)cc2)c1. The van der Waals surface area contributed by atoms with Crippen molar-refractivity contribution in [3.8, 4) is 5.75 Å². The summed E-state index contributed by atoms with van der Waals surface area (Å²) in [5, 5.41) is 11.5. The first-order valence-corrected chi connectivity index (χ1v) is 8.71. The van der Waals surface area contributed by atoms with E-state index in [2.05, 4.69) is 15.5 Å². The molecule has 7 heteroatoms. The van der Waals surface area contributed by atoms with Crippen LogP contribution >= 0.6 is 11.8 Å². The Kier molecular flexibility index (Phi) is 5.70. The van der Waals surface area contributed by atoms with Crippen LogP contribution in [0.4, 0.5) is 5.69 Å². The van der Waals surface area contributed by atoms with Gasteiger partial charge in [-0.05, 0) is 59.8 Å². The monoisotopic (exact) mass is 366 g/mol. The van der Waals surface area contributed by atoms with Crippen molar-refractivity contribution in [2.45, 2.75) is 10.1 Å². The summed E-state index contributed by atoms with van der Waals surface area (Å²) in [7, 11) is 3.51. The van der Waals surface area contributed by atoms with Gasteiger partial charge in [0.25, 0.3) is 0 Å². The van der Waals surface area contributed by atoms with Gasteiger partial charge in [0.2, 0.25) is 5.91 Å².